The van der Waals surface area contributed by atoms with Gasteiger partial charge in [0.05, 0.1) is 6.54 Å². The molecule has 1 aromatic carbocycles. The molecule has 20 heavy (non-hydrogen) atoms. The minimum atomic E-state index is -0.0984. The van der Waals surface area contributed by atoms with Crippen molar-refractivity contribution in [2.45, 2.75) is 19.8 Å². The molecule has 0 fully saturated rings. The Kier molecular flexibility index (Phi) is 4.53. The number of hydrogen-bond acceptors (Lipinski definition) is 4. The van der Waals surface area contributed by atoms with Crippen LogP contribution in [0.1, 0.15) is 25.7 Å². The fraction of sp³-hybridized carbons (Fsp3) is 0.333. The van der Waals surface area contributed by atoms with Crippen LogP contribution in [0.15, 0.2) is 35.3 Å². The molecule has 0 saturated heterocycles. The maximum Gasteiger partial charge on any atom is 0.238 e. The first kappa shape index (κ1) is 14.3. The highest BCUT2D eigenvalue weighted by molar-refractivity contribution is 5.94. The van der Waals surface area contributed by atoms with Gasteiger partial charge in [-0.25, -0.2) is 4.98 Å². The molecule has 2 N–H and O–H groups in total. The number of carbonyl (C=O) groups excluding carboxylic acids is 1. The van der Waals surface area contributed by atoms with Crippen LogP contribution < -0.4 is 10.6 Å². The number of aromatic nitrogens is 1. The van der Waals surface area contributed by atoms with Gasteiger partial charge < -0.3 is 15.1 Å². The number of anilines is 1. The minimum absolute atomic E-state index is 0.0984. The van der Waals surface area contributed by atoms with Gasteiger partial charge in [0.1, 0.15) is 5.52 Å². The second-order valence-electron chi connectivity index (χ2n) is 4.86. The zero-order valence-electron chi connectivity index (χ0n) is 11.8. The zero-order valence-corrected chi connectivity index (χ0v) is 11.8. The fourth-order valence-electron chi connectivity index (χ4n) is 1.76. The Bertz CT molecular complexity index is 617. The molecule has 0 bridgehead atoms. The van der Waals surface area contributed by atoms with Gasteiger partial charge in [0.2, 0.25) is 5.91 Å². The summed E-state index contributed by atoms with van der Waals surface area (Å²) < 4.78 is 5.62. The van der Waals surface area contributed by atoms with Crippen molar-refractivity contribution in [1.82, 2.24) is 10.3 Å². The van der Waals surface area contributed by atoms with Gasteiger partial charge in [-0.15, -0.1) is 6.58 Å². The molecule has 2 aromatic rings. The molecule has 0 spiro atoms. The predicted octanol–water partition coefficient (Wildman–Crippen LogP) is 2.67. The maximum atomic E-state index is 11.7. The number of fused-ring (bicyclic) bond motifs is 1. The van der Waals surface area contributed by atoms with Crippen LogP contribution in [0.2, 0.25) is 0 Å². The third kappa shape index (κ3) is 3.45. The van der Waals surface area contributed by atoms with E-state index in [-0.39, 0.29) is 18.4 Å². The standard InChI is InChI=1S/C15H19N3O2/c1-4-7-16-9-14(19)17-11-5-6-13-12(8-11)18-15(20-13)10(2)3/h4-6,8,10,16H,1,7,9H2,2-3H3,(H,17,19). The highest BCUT2D eigenvalue weighted by Crippen LogP contribution is 2.23. The Balaban J connectivity index is 2.07. The Morgan fingerprint density at radius 3 is 3.00 bits per heavy atom. The molecule has 1 aromatic heterocycles. The van der Waals surface area contributed by atoms with Crippen LogP contribution in [-0.2, 0) is 4.79 Å². The van der Waals surface area contributed by atoms with Crippen molar-refractivity contribution >= 4 is 22.7 Å². The topological polar surface area (TPSA) is 67.2 Å². The van der Waals surface area contributed by atoms with Crippen molar-refractivity contribution in [2.24, 2.45) is 0 Å². The van der Waals surface area contributed by atoms with Crippen LogP contribution >= 0.6 is 0 Å². The molecule has 0 radical (unpaired) electrons. The van der Waals surface area contributed by atoms with Crippen LogP contribution in [0.3, 0.4) is 0 Å². The number of amides is 1. The van der Waals surface area contributed by atoms with E-state index in [4.69, 9.17) is 4.42 Å². The third-order valence-corrected chi connectivity index (χ3v) is 2.76. The van der Waals surface area contributed by atoms with E-state index in [0.717, 1.165) is 11.1 Å². The lowest BCUT2D eigenvalue weighted by molar-refractivity contribution is -0.115. The SMILES string of the molecule is C=CCNCC(=O)Nc1ccc2oc(C(C)C)nc2c1. The van der Waals surface area contributed by atoms with Crippen LogP contribution in [0.4, 0.5) is 5.69 Å². The molecule has 1 heterocycles. The van der Waals surface area contributed by atoms with E-state index in [9.17, 15) is 4.79 Å². The summed E-state index contributed by atoms with van der Waals surface area (Å²) in [5, 5.41) is 5.76. The molecular formula is C15H19N3O2. The molecule has 0 saturated carbocycles. The lowest BCUT2D eigenvalue weighted by Gasteiger charge is -2.04. The van der Waals surface area contributed by atoms with Crippen LogP contribution in [0, 0.1) is 0 Å². The number of benzene rings is 1. The van der Waals surface area contributed by atoms with Gasteiger partial charge in [-0.05, 0) is 18.2 Å². The molecule has 0 atom stereocenters. The molecule has 2 rings (SSSR count). The summed E-state index contributed by atoms with van der Waals surface area (Å²) in [6.45, 7) is 8.49. The number of hydrogen-bond donors (Lipinski definition) is 2. The highest BCUT2D eigenvalue weighted by Gasteiger charge is 2.10. The summed E-state index contributed by atoms with van der Waals surface area (Å²) in [5.74, 6) is 0.846. The number of carbonyl (C=O) groups is 1. The van der Waals surface area contributed by atoms with Crippen LogP contribution in [0.5, 0.6) is 0 Å². The van der Waals surface area contributed by atoms with Crippen molar-refractivity contribution in [3.05, 3.63) is 36.7 Å². The van der Waals surface area contributed by atoms with E-state index in [1.807, 2.05) is 32.0 Å². The Morgan fingerprint density at radius 1 is 1.50 bits per heavy atom. The summed E-state index contributed by atoms with van der Waals surface area (Å²) in [5.41, 5.74) is 2.20. The Labute approximate surface area is 118 Å². The Hall–Kier alpha value is -2.14. The Morgan fingerprint density at radius 2 is 2.30 bits per heavy atom. The summed E-state index contributed by atoms with van der Waals surface area (Å²) in [7, 11) is 0. The number of nitrogens with zero attached hydrogens (tertiary/aromatic N) is 1. The van der Waals surface area contributed by atoms with Crippen molar-refractivity contribution < 1.29 is 9.21 Å². The van der Waals surface area contributed by atoms with Crippen molar-refractivity contribution in [3.63, 3.8) is 0 Å². The summed E-state index contributed by atoms with van der Waals surface area (Å²) in [6, 6.07) is 5.44. The number of nitrogens with one attached hydrogen (secondary N) is 2. The number of rotatable bonds is 6. The van der Waals surface area contributed by atoms with Gasteiger partial charge in [-0.2, -0.15) is 0 Å². The largest absolute Gasteiger partial charge is 0.440 e. The molecular weight excluding hydrogens is 254 g/mol. The van der Waals surface area contributed by atoms with Crippen molar-refractivity contribution in [1.29, 1.82) is 0 Å². The smallest absolute Gasteiger partial charge is 0.238 e. The summed E-state index contributed by atoms with van der Waals surface area (Å²) >= 11 is 0. The molecule has 1 amide bonds. The van der Waals surface area contributed by atoms with Crippen LogP contribution in [0.25, 0.3) is 11.1 Å². The highest BCUT2D eigenvalue weighted by atomic mass is 16.3. The first-order valence-electron chi connectivity index (χ1n) is 6.62. The second-order valence-corrected chi connectivity index (χ2v) is 4.86. The normalized spacial score (nSPS) is 10.9. The first-order valence-corrected chi connectivity index (χ1v) is 6.62. The van der Waals surface area contributed by atoms with E-state index < -0.39 is 0 Å². The second kappa shape index (κ2) is 6.34. The monoisotopic (exact) mass is 273 g/mol. The summed E-state index contributed by atoms with van der Waals surface area (Å²) in [6.07, 6.45) is 1.71. The third-order valence-electron chi connectivity index (χ3n) is 2.76. The molecule has 106 valence electrons. The van der Waals surface area contributed by atoms with Gasteiger partial charge >= 0.3 is 0 Å². The lowest BCUT2D eigenvalue weighted by Crippen LogP contribution is -2.28. The van der Waals surface area contributed by atoms with E-state index in [1.54, 1.807) is 6.08 Å². The molecule has 0 aliphatic carbocycles. The van der Waals surface area contributed by atoms with Gasteiger partial charge in [-0.1, -0.05) is 19.9 Å². The fourth-order valence-corrected chi connectivity index (χ4v) is 1.76. The molecule has 5 heteroatoms. The molecule has 0 unspecified atom stereocenters. The number of oxazole rings is 1. The maximum absolute atomic E-state index is 11.7. The van der Waals surface area contributed by atoms with E-state index >= 15 is 0 Å². The first-order chi connectivity index (χ1) is 9.60. The van der Waals surface area contributed by atoms with Gasteiger partial charge in [0.25, 0.3) is 0 Å². The van der Waals surface area contributed by atoms with Crippen LogP contribution in [-0.4, -0.2) is 24.0 Å². The van der Waals surface area contributed by atoms with Gasteiger partial charge in [0.15, 0.2) is 11.5 Å². The average molecular weight is 273 g/mol. The average Bonchev–Trinajstić information content (AvgIpc) is 2.82. The minimum Gasteiger partial charge on any atom is -0.440 e. The molecule has 0 aliphatic heterocycles. The lowest BCUT2D eigenvalue weighted by atomic mass is 10.2. The summed E-state index contributed by atoms with van der Waals surface area (Å²) in [4.78, 5) is 16.1. The van der Waals surface area contributed by atoms with Gasteiger partial charge in [0, 0.05) is 18.2 Å². The molecule has 0 aliphatic rings. The zero-order chi connectivity index (χ0) is 14.5. The van der Waals surface area contributed by atoms with Crippen molar-refractivity contribution in [3.8, 4) is 0 Å². The van der Waals surface area contributed by atoms with E-state index in [2.05, 4.69) is 22.2 Å². The van der Waals surface area contributed by atoms with E-state index in [0.29, 0.717) is 18.1 Å². The quantitative estimate of drug-likeness (QED) is 0.627. The van der Waals surface area contributed by atoms with E-state index in [1.165, 1.54) is 0 Å². The predicted molar refractivity (Wildman–Crippen MR) is 79.8 cm³/mol. The van der Waals surface area contributed by atoms with Crippen molar-refractivity contribution in [2.75, 3.05) is 18.4 Å². The molecule has 5 nitrogen and oxygen atoms in total. The van der Waals surface area contributed by atoms with Gasteiger partial charge in [-0.3, -0.25) is 4.79 Å².